The number of nitrogens with zero attached hydrogens (tertiary/aromatic N) is 3. The summed E-state index contributed by atoms with van der Waals surface area (Å²) in [5, 5.41) is 4.53. The van der Waals surface area contributed by atoms with Gasteiger partial charge in [-0.15, -0.1) is 0 Å². The second kappa shape index (κ2) is 4.36. The summed E-state index contributed by atoms with van der Waals surface area (Å²) < 4.78 is 1.95. The zero-order valence-electron chi connectivity index (χ0n) is 10.5. The van der Waals surface area contributed by atoms with Crippen molar-refractivity contribution in [2.45, 2.75) is 45.6 Å². The molecule has 1 fully saturated rings. The Morgan fingerprint density at radius 2 is 2.12 bits per heavy atom. The van der Waals surface area contributed by atoms with Gasteiger partial charge in [-0.2, -0.15) is 5.10 Å². The highest BCUT2D eigenvalue weighted by atomic mass is 15.4. The van der Waals surface area contributed by atoms with Crippen molar-refractivity contribution >= 4 is 11.5 Å². The van der Waals surface area contributed by atoms with Crippen LogP contribution in [0.5, 0.6) is 0 Å². The van der Waals surface area contributed by atoms with Crippen LogP contribution >= 0.6 is 0 Å². The van der Waals surface area contributed by atoms with Crippen molar-refractivity contribution in [3.8, 4) is 0 Å². The third-order valence-corrected chi connectivity index (χ3v) is 3.22. The van der Waals surface area contributed by atoms with E-state index in [2.05, 4.69) is 23.8 Å². The van der Waals surface area contributed by atoms with Crippen LogP contribution in [-0.4, -0.2) is 22.4 Å². The maximum absolute atomic E-state index is 6.21. The Balaban J connectivity index is 2.31. The molecule has 4 heteroatoms. The molecule has 1 aromatic heterocycles. The Morgan fingerprint density at radius 3 is 2.62 bits per heavy atom. The molecule has 1 aromatic rings. The van der Waals surface area contributed by atoms with Crippen LogP contribution in [-0.2, 0) is 13.5 Å². The smallest absolute Gasteiger partial charge is 0.150 e. The molecule has 16 heavy (non-hydrogen) atoms. The van der Waals surface area contributed by atoms with Crippen LogP contribution in [0.25, 0.3) is 0 Å². The molecule has 0 spiro atoms. The summed E-state index contributed by atoms with van der Waals surface area (Å²) in [5.74, 6) is 1.12. The molecule has 1 saturated carbocycles. The van der Waals surface area contributed by atoms with Crippen LogP contribution in [0, 0.1) is 0 Å². The summed E-state index contributed by atoms with van der Waals surface area (Å²) in [6.45, 7) is 5.36. The third kappa shape index (κ3) is 1.88. The van der Waals surface area contributed by atoms with Gasteiger partial charge < -0.3 is 10.6 Å². The van der Waals surface area contributed by atoms with Gasteiger partial charge in [-0.1, -0.05) is 13.3 Å². The number of aromatic nitrogens is 2. The molecule has 0 atom stereocenters. The van der Waals surface area contributed by atoms with Gasteiger partial charge in [0, 0.05) is 19.6 Å². The summed E-state index contributed by atoms with van der Waals surface area (Å²) in [6, 6.07) is 0.692. The highest BCUT2D eigenvalue weighted by Crippen LogP contribution is 2.35. The fourth-order valence-electron chi connectivity index (χ4n) is 2.31. The van der Waals surface area contributed by atoms with Gasteiger partial charge in [-0.05, 0) is 26.2 Å². The molecule has 0 radical (unpaired) electrons. The fraction of sp³-hybridized carbons (Fsp3) is 0.750. The maximum Gasteiger partial charge on any atom is 0.150 e. The van der Waals surface area contributed by atoms with Crippen molar-refractivity contribution in [2.75, 3.05) is 17.2 Å². The van der Waals surface area contributed by atoms with Crippen LogP contribution in [0.4, 0.5) is 11.5 Å². The first-order chi connectivity index (χ1) is 7.69. The first kappa shape index (κ1) is 11.3. The molecule has 0 bridgehead atoms. The molecule has 0 saturated heterocycles. The normalized spacial score (nSPS) is 15.4. The van der Waals surface area contributed by atoms with Crippen molar-refractivity contribution in [1.82, 2.24) is 9.78 Å². The van der Waals surface area contributed by atoms with Crippen molar-refractivity contribution in [3.05, 3.63) is 5.69 Å². The number of hydrogen-bond acceptors (Lipinski definition) is 3. The van der Waals surface area contributed by atoms with Crippen LogP contribution < -0.4 is 10.6 Å². The highest BCUT2D eigenvalue weighted by Gasteiger charge is 2.31. The quantitative estimate of drug-likeness (QED) is 0.828. The van der Waals surface area contributed by atoms with E-state index >= 15 is 0 Å². The zero-order valence-corrected chi connectivity index (χ0v) is 10.5. The van der Waals surface area contributed by atoms with E-state index in [1.165, 1.54) is 12.8 Å². The Hall–Kier alpha value is -1.19. The molecular formula is C12H22N4. The molecule has 0 aliphatic heterocycles. The van der Waals surface area contributed by atoms with Gasteiger partial charge in [0.15, 0.2) is 5.82 Å². The number of anilines is 2. The van der Waals surface area contributed by atoms with Gasteiger partial charge in [-0.25, -0.2) is 0 Å². The first-order valence-corrected chi connectivity index (χ1v) is 6.27. The first-order valence-electron chi connectivity index (χ1n) is 6.27. The predicted octanol–water partition coefficient (Wildman–Crippen LogP) is 1.94. The van der Waals surface area contributed by atoms with Crippen LogP contribution in [0.1, 0.15) is 38.8 Å². The lowest BCUT2D eigenvalue weighted by Crippen LogP contribution is -2.28. The van der Waals surface area contributed by atoms with E-state index in [-0.39, 0.29) is 0 Å². The molecular weight excluding hydrogens is 200 g/mol. The molecule has 1 heterocycles. The molecule has 0 amide bonds. The lowest BCUT2D eigenvalue weighted by molar-refractivity contribution is 0.694. The van der Waals surface area contributed by atoms with Gasteiger partial charge in [0.1, 0.15) is 0 Å². The number of rotatable bonds is 5. The Morgan fingerprint density at radius 1 is 1.44 bits per heavy atom. The molecule has 2 N–H and O–H groups in total. The lowest BCUT2D eigenvalue weighted by Gasteiger charge is -2.23. The second-order valence-electron chi connectivity index (χ2n) is 4.57. The average Bonchev–Trinajstić information content (AvgIpc) is 3.03. The maximum atomic E-state index is 6.21. The molecule has 0 unspecified atom stereocenters. The minimum absolute atomic E-state index is 0.692. The van der Waals surface area contributed by atoms with Crippen molar-refractivity contribution in [2.24, 2.45) is 7.05 Å². The van der Waals surface area contributed by atoms with Crippen LogP contribution in [0.2, 0.25) is 0 Å². The third-order valence-electron chi connectivity index (χ3n) is 3.22. The number of hydrogen-bond donors (Lipinski definition) is 1. The predicted molar refractivity (Wildman–Crippen MR) is 67.7 cm³/mol. The summed E-state index contributed by atoms with van der Waals surface area (Å²) in [7, 11) is 2.00. The Labute approximate surface area is 97.4 Å². The lowest BCUT2D eigenvalue weighted by atomic mass is 10.2. The standard InChI is InChI=1S/C12H22N4/c1-4-6-10-11(13)12(15(3)14-10)16(5-2)9-7-8-9/h9H,4-8,13H2,1-3H3. The van der Waals surface area contributed by atoms with Crippen molar-refractivity contribution in [1.29, 1.82) is 0 Å². The monoisotopic (exact) mass is 222 g/mol. The summed E-state index contributed by atoms with van der Waals surface area (Å²) in [6.07, 6.45) is 4.65. The largest absolute Gasteiger partial charge is 0.394 e. The number of aryl methyl sites for hydroxylation is 2. The van der Waals surface area contributed by atoms with E-state index in [1.54, 1.807) is 0 Å². The van der Waals surface area contributed by atoms with Gasteiger partial charge in [0.2, 0.25) is 0 Å². The van der Waals surface area contributed by atoms with E-state index < -0.39 is 0 Å². The number of nitrogen functional groups attached to an aromatic ring is 1. The average molecular weight is 222 g/mol. The molecule has 90 valence electrons. The molecule has 0 aromatic carbocycles. The minimum atomic E-state index is 0.692. The van der Waals surface area contributed by atoms with Crippen LogP contribution in [0.3, 0.4) is 0 Å². The topological polar surface area (TPSA) is 47.1 Å². The van der Waals surface area contributed by atoms with Crippen molar-refractivity contribution < 1.29 is 0 Å². The number of nitrogens with two attached hydrogens (primary N) is 1. The summed E-state index contributed by atoms with van der Waals surface area (Å²) in [4.78, 5) is 2.39. The van der Waals surface area contributed by atoms with E-state index in [1.807, 2.05) is 11.7 Å². The van der Waals surface area contributed by atoms with Gasteiger partial charge in [0.25, 0.3) is 0 Å². The minimum Gasteiger partial charge on any atom is -0.394 e. The Kier molecular flexibility index (Phi) is 3.08. The van der Waals surface area contributed by atoms with Crippen LogP contribution in [0.15, 0.2) is 0 Å². The molecule has 2 rings (SSSR count). The second-order valence-corrected chi connectivity index (χ2v) is 4.57. The van der Waals surface area contributed by atoms with E-state index in [0.29, 0.717) is 6.04 Å². The van der Waals surface area contributed by atoms with Gasteiger partial charge >= 0.3 is 0 Å². The van der Waals surface area contributed by atoms with E-state index in [9.17, 15) is 0 Å². The highest BCUT2D eigenvalue weighted by molar-refractivity contribution is 5.67. The zero-order chi connectivity index (χ0) is 11.7. The van der Waals surface area contributed by atoms with E-state index in [0.717, 1.165) is 36.6 Å². The van der Waals surface area contributed by atoms with Crippen molar-refractivity contribution in [3.63, 3.8) is 0 Å². The fourth-order valence-corrected chi connectivity index (χ4v) is 2.31. The van der Waals surface area contributed by atoms with Gasteiger partial charge in [-0.3, -0.25) is 4.68 Å². The Bertz CT molecular complexity index is 365. The van der Waals surface area contributed by atoms with Gasteiger partial charge in [0.05, 0.1) is 11.4 Å². The molecule has 1 aliphatic rings. The summed E-state index contributed by atoms with van der Waals surface area (Å²) >= 11 is 0. The molecule has 1 aliphatic carbocycles. The SMILES string of the molecule is CCCc1nn(C)c(N(CC)C2CC2)c1N. The summed E-state index contributed by atoms with van der Waals surface area (Å²) in [5.41, 5.74) is 8.15. The van der Waals surface area contributed by atoms with E-state index in [4.69, 9.17) is 5.73 Å². The molecule has 4 nitrogen and oxygen atoms in total.